The molecule has 0 saturated carbocycles. The second-order valence-electron chi connectivity index (χ2n) is 10.7. The van der Waals surface area contributed by atoms with E-state index in [0.717, 1.165) is 50.5 Å². The van der Waals surface area contributed by atoms with E-state index in [2.05, 4.69) is 20.6 Å². The first-order valence-electron chi connectivity index (χ1n) is 14.0. The second-order valence-corrected chi connectivity index (χ2v) is 10.7. The Morgan fingerprint density at radius 2 is 1.18 bits per heavy atom. The Morgan fingerprint density at radius 3 is 1.73 bits per heavy atom. The molecule has 2 amide bonds. The first kappa shape index (κ1) is 27.0. The molecule has 0 fully saturated rings. The monoisotopic (exact) mass is 585 g/mol. The molecule has 2 atom stereocenters. The molecule has 2 aliphatic rings. The lowest BCUT2D eigenvalue weighted by atomic mass is 9.95. The maximum Gasteiger partial charge on any atom is 0.252 e. The van der Waals surface area contributed by atoms with E-state index in [-0.39, 0.29) is 29.4 Å². The van der Waals surface area contributed by atoms with Crippen molar-refractivity contribution in [3.8, 4) is 11.5 Å². The maximum atomic E-state index is 12.2. The van der Waals surface area contributed by atoms with Crippen LogP contribution in [0.4, 0.5) is 0 Å². The normalized spacial score (nSPS) is 16.7. The zero-order valence-corrected chi connectivity index (χ0v) is 23.2. The SMILES string of the molecule is NCc1[nH]c2ccccc2c1C1NC(=O)c2ccc(O)cc21.O=Cc1[nH]c2ccccc2c1C1NC(=O)c2ccc(O)cc21. The van der Waals surface area contributed by atoms with E-state index in [1.54, 1.807) is 24.3 Å². The fraction of sp³-hybridized carbons (Fsp3) is 0.0882. The Kier molecular flexibility index (Phi) is 6.41. The average Bonchev–Trinajstić information content (AvgIpc) is 3.77. The van der Waals surface area contributed by atoms with Gasteiger partial charge < -0.3 is 36.5 Å². The Labute approximate surface area is 250 Å². The number of H-pyrrole nitrogens is 2. The van der Waals surface area contributed by atoms with E-state index in [9.17, 15) is 24.6 Å². The van der Waals surface area contributed by atoms with Gasteiger partial charge in [0.25, 0.3) is 11.8 Å². The average molecular weight is 586 g/mol. The highest BCUT2D eigenvalue weighted by Gasteiger charge is 2.34. The van der Waals surface area contributed by atoms with Gasteiger partial charge >= 0.3 is 0 Å². The van der Waals surface area contributed by atoms with Gasteiger partial charge in [-0.1, -0.05) is 36.4 Å². The van der Waals surface area contributed by atoms with E-state index >= 15 is 0 Å². The Balaban J connectivity index is 0.000000142. The molecule has 10 nitrogen and oxygen atoms in total. The minimum absolute atomic E-state index is 0.0905. The molecule has 0 saturated heterocycles. The Bertz CT molecular complexity index is 2130. The molecule has 6 aromatic rings. The van der Waals surface area contributed by atoms with Gasteiger partial charge in [-0.15, -0.1) is 0 Å². The first-order valence-corrected chi connectivity index (χ1v) is 14.0. The van der Waals surface area contributed by atoms with Gasteiger partial charge in [0.15, 0.2) is 6.29 Å². The number of para-hydroxylation sites is 2. The van der Waals surface area contributed by atoms with Crippen LogP contribution in [-0.4, -0.2) is 38.3 Å². The molecule has 0 bridgehead atoms. The van der Waals surface area contributed by atoms with Gasteiger partial charge in [0, 0.05) is 56.3 Å². The number of phenols is 2. The molecule has 4 aromatic carbocycles. The zero-order chi connectivity index (χ0) is 30.5. The van der Waals surface area contributed by atoms with Crippen LogP contribution in [0, 0.1) is 0 Å². The number of hydrogen-bond donors (Lipinski definition) is 7. The van der Waals surface area contributed by atoms with Crippen molar-refractivity contribution in [2.75, 3.05) is 0 Å². The first-order chi connectivity index (χ1) is 21.4. The Hall–Kier alpha value is -5.87. The largest absolute Gasteiger partial charge is 0.508 e. The number of aromatic nitrogens is 2. The summed E-state index contributed by atoms with van der Waals surface area (Å²) in [6, 6.07) is 24.2. The van der Waals surface area contributed by atoms with Gasteiger partial charge in [0.05, 0.1) is 17.8 Å². The summed E-state index contributed by atoms with van der Waals surface area (Å²) in [4.78, 5) is 42.1. The molecular formula is C34H27N5O5. The highest BCUT2D eigenvalue weighted by atomic mass is 16.3. The summed E-state index contributed by atoms with van der Waals surface area (Å²) in [6.07, 6.45) is 0.752. The van der Waals surface area contributed by atoms with Crippen molar-refractivity contribution >= 4 is 39.9 Å². The number of aldehydes is 1. The molecule has 4 heterocycles. The van der Waals surface area contributed by atoms with Crippen LogP contribution in [0.3, 0.4) is 0 Å². The molecule has 0 aliphatic carbocycles. The van der Waals surface area contributed by atoms with Crippen LogP contribution in [0.1, 0.15) is 71.2 Å². The van der Waals surface area contributed by atoms with Crippen LogP contribution in [0.25, 0.3) is 21.8 Å². The third-order valence-electron chi connectivity index (χ3n) is 8.24. The summed E-state index contributed by atoms with van der Waals surface area (Å²) in [5.74, 6) is -0.0995. The predicted molar refractivity (Wildman–Crippen MR) is 165 cm³/mol. The standard InChI is InChI=1S/C17H15N3O2.C17H12N2O3/c18-8-14-15(11-3-1-2-4-13(11)19-14)16-12-7-9(21)5-6-10(12)17(22)20-16;20-8-14-15(11-3-1-2-4-13(11)18-14)16-12-7-9(21)5-6-10(12)17(22)19-16/h1-7,16,19,21H,8,18H2,(H,20,22);1-8,16,18,21H,(H,19,22). The number of fused-ring (bicyclic) bond motifs is 4. The lowest BCUT2D eigenvalue weighted by Crippen LogP contribution is -2.21. The van der Waals surface area contributed by atoms with Crippen molar-refractivity contribution in [3.63, 3.8) is 0 Å². The van der Waals surface area contributed by atoms with E-state index in [4.69, 9.17) is 5.73 Å². The van der Waals surface area contributed by atoms with Crippen molar-refractivity contribution in [2.24, 2.45) is 5.73 Å². The van der Waals surface area contributed by atoms with Crippen molar-refractivity contribution in [1.29, 1.82) is 0 Å². The predicted octanol–water partition coefficient (Wildman–Crippen LogP) is 4.68. The summed E-state index contributed by atoms with van der Waals surface area (Å²) in [6.45, 7) is 0.352. The molecule has 10 heteroatoms. The van der Waals surface area contributed by atoms with Crippen LogP contribution in [0.2, 0.25) is 0 Å². The molecule has 2 aromatic heterocycles. The molecule has 218 valence electrons. The number of aromatic amines is 2. The molecule has 2 unspecified atom stereocenters. The van der Waals surface area contributed by atoms with E-state index in [1.807, 2.05) is 48.5 Å². The number of nitrogens with one attached hydrogen (secondary N) is 4. The smallest absolute Gasteiger partial charge is 0.252 e. The third-order valence-corrected chi connectivity index (χ3v) is 8.24. The number of benzene rings is 4. The van der Waals surface area contributed by atoms with Gasteiger partial charge in [-0.05, 0) is 59.7 Å². The molecule has 8 N–H and O–H groups in total. The number of nitrogens with two attached hydrogens (primary N) is 1. The minimum Gasteiger partial charge on any atom is -0.508 e. The van der Waals surface area contributed by atoms with Crippen LogP contribution in [-0.2, 0) is 6.54 Å². The third kappa shape index (κ3) is 4.27. The van der Waals surface area contributed by atoms with E-state index in [0.29, 0.717) is 28.9 Å². The molecule has 8 rings (SSSR count). The van der Waals surface area contributed by atoms with Gasteiger partial charge in [-0.2, -0.15) is 0 Å². The fourth-order valence-electron chi connectivity index (χ4n) is 6.32. The summed E-state index contributed by atoms with van der Waals surface area (Å²) in [5.41, 5.74) is 13.3. The van der Waals surface area contributed by atoms with Crippen molar-refractivity contribution in [1.82, 2.24) is 20.6 Å². The molecule has 2 aliphatic heterocycles. The minimum atomic E-state index is -0.453. The van der Waals surface area contributed by atoms with Crippen LogP contribution in [0.15, 0.2) is 84.9 Å². The molecular weight excluding hydrogens is 558 g/mol. The highest BCUT2D eigenvalue weighted by molar-refractivity contribution is 6.03. The number of hydrogen-bond acceptors (Lipinski definition) is 6. The quantitative estimate of drug-likeness (QED) is 0.148. The van der Waals surface area contributed by atoms with Gasteiger partial charge in [0.1, 0.15) is 11.5 Å². The number of carbonyl (C=O) groups excluding carboxylic acids is 3. The van der Waals surface area contributed by atoms with E-state index < -0.39 is 6.04 Å². The topological polar surface area (TPSA) is 173 Å². The van der Waals surface area contributed by atoms with Crippen molar-refractivity contribution < 1.29 is 24.6 Å². The lowest BCUT2D eigenvalue weighted by molar-refractivity contribution is 0.0952. The van der Waals surface area contributed by atoms with Gasteiger partial charge in [-0.3, -0.25) is 14.4 Å². The van der Waals surface area contributed by atoms with Crippen molar-refractivity contribution in [2.45, 2.75) is 18.6 Å². The summed E-state index contributed by atoms with van der Waals surface area (Å²) >= 11 is 0. The van der Waals surface area contributed by atoms with Gasteiger partial charge in [0.2, 0.25) is 0 Å². The molecule has 0 radical (unpaired) electrons. The van der Waals surface area contributed by atoms with Crippen LogP contribution < -0.4 is 16.4 Å². The fourth-order valence-corrected chi connectivity index (χ4v) is 6.32. The summed E-state index contributed by atoms with van der Waals surface area (Å²) in [5, 5.41) is 27.3. The zero-order valence-electron chi connectivity index (χ0n) is 23.2. The van der Waals surface area contributed by atoms with Gasteiger partial charge in [-0.25, -0.2) is 0 Å². The van der Waals surface area contributed by atoms with Crippen LogP contribution in [0.5, 0.6) is 11.5 Å². The van der Waals surface area contributed by atoms with Crippen LogP contribution >= 0.6 is 0 Å². The highest BCUT2D eigenvalue weighted by Crippen LogP contribution is 2.39. The maximum absolute atomic E-state index is 12.2. The summed E-state index contributed by atoms with van der Waals surface area (Å²) < 4.78 is 0. The number of phenolic OH excluding ortho intramolecular Hbond substituents is 2. The molecule has 0 spiro atoms. The number of amides is 2. The van der Waals surface area contributed by atoms with Crippen molar-refractivity contribution in [3.05, 3.63) is 130 Å². The number of aromatic hydroxyl groups is 2. The molecule has 44 heavy (non-hydrogen) atoms. The second kappa shape index (κ2) is 10.4. The Morgan fingerprint density at radius 1 is 0.682 bits per heavy atom. The number of carbonyl (C=O) groups is 3. The van der Waals surface area contributed by atoms with E-state index in [1.165, 1.54) is 12.1 Å². The number of rotatable bonds is 4. The lowest BCUT2D eigenvalue weighted by Gasteiger charge is -2.14. The summed E-state index contributed by atoms with van der Waals surface area (Å²) in [7, 11) is 0.